The molecule has 9 heteroatoms. The fourth-order valence-corrected chi connectivity index (χ4v) is 3.25. The monoisotopic (exact) mass is 366 g/mol. The lowest BCUT2D eigenvalue weighted by atomic mass is 10.3. The predicted molar refractivity (Wildman–Crippen MR) is 90.0 cm³/mol. The van der Waals surface area contributed by atoms with Gasteiger partial charge in [-0.3, -0.25) is 9.89 Å². The fourth-order valence-electron chi connectivity index (χ4n) is 1.86. The molecule has 0 aliphatic rings. The van der Waals surface area contributed by atoms with E-state index in [9.17, 15) is 13.6 Å². The molecule has 0 fully saturated rings. The Bertz CT molecular complexity index is 851. The van der Waals surface area contributed by atoms with E-state index in [1.807, 2.05) is 17.5 Å². The molecule has 0 aliphatic heterocycles. The van der Waals surface area contributed by atoms with Gasteiger partial charge in [-0.2, -0.15) is 0 Å². The van der Waals surface area contributed by atoms with E-state index >= 15 is 0 Å². The van der Waals surface area contributed by atoms with Crippen LogP contribution in [0.2, 0.25) is 0 Å². The van der Waals surface area contributed by atoms with Crippen LogP contribution >= 0.6 is 23.1 Å². The number of nitrogens with zero attached hydrogens (tertiary/aromatic N) is 2. The van der Waals surface area contributed by atoms with Crippen LogP contribution in [0.1, 0.15) is 6.92 Å². The third-order valence-electron chi connectivity index (χ3n) is 3.06. The number of carbonyl (C=O) groups excluding carboxylic acids is 1. The molecule has 0 spiro atoms. The van der Waals surface area contributed by atoms with E-state index in [1.54, 1.807) is 6.92 Å². The lowest BCUT2D eigenvalue weighted by Crippen LogP contribution is -2.23. The summed E-state index contributed by atoms with van der Waals surface area (Å²) in [6.07, 6.45) is 0. The van der Waals surface area contributed by atoms with Gasteiger partial charge in [-0.15, -0.1) is 16.4 Å². The lowest BCUT2D eigenvalue weighted by Gasteiger charge is -2.10. The van der Waals surface area contributed by atoms with Gasteiger partial charge in [-0.25, -0.2) is 13.8 Å². The van der Waals surface area contributed by atoms with Crippen molar-refractivity contribution in [3.05, 3.63) is 47.3 Å². The topological polar surface area (TPSA) is 70.7 Å². The lowest BCUT2D eigenvalue weighted by molar-refractivity contribution is -0.115. The highest BCUT2D eigenvalue weighted by atomic mass is 32.2. The van der Waals surface area contributed by atoms with Gasteiger partial charge < -0.3 is 5.32 Å². The van der Waals surface area contributed by atoms with Crippen LogP contribution in [0.3, 0.4) is 0 Å². The number of halogens is 2. The zero-order valence-electron chi connectivity index (χ0n) is 12.4. The van der Waals surface area contributed by atoms with Gasteiger partial charge in [0, 0.05) is 6.07 Å². The second kappa shape index (κ2) is 7.10. The Morgan fingerprint density at radius 2 is 2.21 bits per heavy atom. The van der Waals surface area contributed by atoms with Crippen LogP contribution < -0.4 is 5.32 Å². The molecular weight excluding hydrogens is 354 g/mol. The largest absolute Gasteiger partial charge is 0.323 e. The van der Waals surface area contributed by atoms with Crippen LogP contribution in [0.4, 0.5) is 14.5 Å². The summed E-state index contributed by atoms with van der Waals surface area (Å²) < 4.78 is 26.4. The molecule has 0 unspecified atom stereocenters. The molecule has 124 valence electrons. The third-order valence-corrected chi connectivity index (χ3v) is 4.90. The maximum absolute atomic E-state index is 13.6. The first-order valence-electron chi connectivity index (χ1n) is 6.92. The molecule has 1 amide bonds. The van der Waals surface area contributed by atoms with Crippen molar-refractivity contribution in [2.24, 2.45) is 0 Å². The molecule has 1 atom stereocenters. The number of benzene rings is 1. The average Bonchev–Trinajstić information content (AvgIpc) is 3.20. The van der Waals surface area contributed by atoms with Crippen LogP contribution in [0.25, 0.3) is 10.7 Å². The van der Waals surface area contributed by atoms with E-state index < -0.39 is 22.8 Å². The SMILES string of the molecule is C[C@@H](Sc1n[nH]c(-c2cccs2)n1)C(=O)Nc1ccc(F)cc1F. The zero-order valence-corrected chi connectivity index (χ0v) is 14.0. The zero-order chi connectivity index (χ0) is 17.1. The van der Waals surface area contributed by atoms with Gasteiger partial charge in [0.1, 0.15) is 11.6 Å². The normalized spacial score (nSPS) is 12.1. The highest BCUT2D eigenvalue weighted by molar-refractivity contribution is 8.00. The molecule has 0 aliphatic carbocycles. The third kappa shape index (κ3) is 3.80. The molecule has 0 saturated carbocycles. The second-order valence-electron chi connectivity index (χ2n) is 4.82. The number of carbonyl (C=O) groups is 1. The van der Waals surface area contributed by atoms with E-state index in [-0.39, 0.29) is 5.69 Å². The minimum atomic E-state index is -0.821. The number of anilines is 1. The molecule has 3 rings (SSSR count). The van der Waals surface area contributed by atoms with Crippen molar-refractivity contribution in [2.75, 3.05) is 5.32 Å². The Morgan fingerprint density at radius 3 is 2.92 bits per heavy atom. The maximum Gasteiger partial charge on any atom is 0.237 e. The van der Waals surface area contributed by atoms with Crippen LogP contribution in [0.15, 0.2) is 40.9 Å². The predicted octanol–water partition coefficient (Wildman–Crippen LogP) is 3.93. The molecule has 0 saturated heterocycles. The van der Waals surface area contributed by atoms with E-state index in [1.165, 1.54) is 17.4 Å². The minimum absolute atomic E-state index is 0.0666. The highest BCUT2D eigenvalue weighted by Crippen LogP contribution is 2.26. The molecule has 3 aromatic rings. The Labute approximate surface area is 144 Å². The Hall–Kier alpha value is -2.26. The number of H-pyrrole nitrogens is 1. The van der Waals surface area contributed by atoms with Crippen molar-refractivity contribution in [1.29, 1.82) is 0 Å². The van der Waals surface area contributed by atoms with Crippen LogP contribution in [0.5, 0.6) is 0 Å². The Morgan fingerprint density at radius 1 is 1.38 bits per heavy atom. The van der Waals surface area contributed by atoms with Crippen molar-refractivity contribution in [2.45, 2.75) is 17.3 Å². The molecule has 2 N–H and O–H groups in total. The number of aromatic nitrogens is 3. The molecule has 0 bridgehead atoms. The van der Waals surface area contributed by atoms with Crippen molar-refractivity contribution in [3.63, 3.8) is 0 Å². The molecule has 2 heterocycles. The first-order valence-corrected chi connectivity index (χ1v) is 8.67. The van der Waals surface area contributed by atoms with Gasteiger partial charge >= 0.3 is 0 Å². The standard InChI is InChI=1S/C15H12F2N4OS2/c1-8(14(22)18-11-5-4-9(16)7-10(11)17)24-15-19-13(20-21-15)12-3-2-6-23-12/h2-8H,1H3,(H,18,22)(H,19,20,21)/t8-/m1/s1. The first-order chi connectivity index (χ1) is 11.5. The summed E-state index contributed by atoms with van der Waals surface area (Å²) in [5.41, 5.74) is -0.0666. The van der Waals surface area contributed by atoms with Crippen molar-refractivity contribution in [1.82, 2.24) is 15.2 Å². The molecule has 1 aromatic carbocycles. The van der Waals surface area contributed by atoms with Crippen molar-refractivity contribution >= 4 is 34.7 Å². The molecule has 24 heavy (non-hydrogen) atoms. The van der Waals surface area contributed by atoms with Crippen molar-refractivity contribution in [3.8, 4) is 10.7 Å². The second-order valence-corrected chi connectivity index (χ2v) is 7.07. The van der Waals surface area contributed by atoms with Crippen molar-refractivity contribution < 1.29 is 13.6 Å². The van der Waals surface area contributed by atoms with Gasteiger partial charge in [-0.05, 0) is 30.5 Å². The van der Waals surface area contributed by atoms with E-state index in [0.29, 0.717) is 11.0 Å². The summed E-state index contributed by atoms with van der Waals surface area (Å²) in [6.45, 7) is 1.66. The summed E-state index contributed by atoms with van der Waals surface area (Å²) in [4.78, 5) is 17.4. The Balaban J connectivity index is 1.64. The van der Waals surface area contributed by atoms with E-state index in [4.69, 9.17) is 0 Å². The molecule has 2 aromatic heterocycles. The van der Waals surface area contributed by atoms with Gasteiger partial charge in [0.25, 0.3) is 0 Å². The summed E-state index contributed by atoms with van der Waals surface area (Å²) in [6, 6.07) is 6.80. The van der Waals surface area contributed by atoms with Crippen LogP contribution in [-0.4, -0.2) is 26.3 Å². The Kier molecular flexibility index (Phi) is 4.91. The van der Waals surface area contributed by atoms with Gasteiger partial charge in [-0.1, -0.05) is 17.8 Å². The van der Waals surface area contributed by atoms with Crippen LogP contribution in [0, 0.1) is 11.6 Å². The number of nitrogens with one attached hydrogen (secondary N) is 2. The fraction of sp³-hybridized carbons (Fsp3) is 0.133. The molecule has 5 nitrogen and oxygen atoms in total. The quantitative estimate of drug-likeness (QED) is 0.671. The minimum Gasteiger partial charge on any atom is -0.323 e. The summed E-state index contributed by atoms with van der Waals surface area (Å²) in [7, 11) is 0. The molecular formula is C15H12F2N4OS2. The maximum atomic E-state index is 13.6. The summed E-state index contributed by atoms with van der Waals surface area (Å²) in [5, 5.41) is 11.1. The number of aromatic amines is 1. The number of hydrogen-bond acceptors (Lipinski definition) is 5. The van der Waals surface area contributed by atoms with Gasteiger partial charge in [0.2, 0.25) is 11.1 Å². The number of thioether (sulfide) groups is 1. The van der Waals surface area contributed by atoms with Gasteiger partial charge in [0.15, 0.2) is 5.82 Å². The first kappa shape index (κ1) is 16.6. The number of thiophene rings is 1. The summed E-state index contributed by atoms with van der Waals surface area (Å²) >= 11 is 2.67. The van der Waals surface area contributed by atoms with E-state index in [2.05, 4.69) is 20.5 Å². The number of amides is 1. The number of rotatable bonds is 5. The smallest absolute Gasteiger partial charge is 0.237 e. The number of hydrogen-bond donors (Lipinski definition) is 2. The van der Waals surface area contributed by atoms with Gasteiger partial charge in [0.05, 0.1) is 15.8 Å². The molecule has 0 radical (unpaired) electrons. The van der Waals surface area contributed by atoms with E-state index in [0.717, 1.165) is 28.8 Å². The summed E-state index contributed by atoms with van der Waals surface area (Å²) in [5.74, 6) is -1.31. The average molecular weight is 366 g/mol. The van der Waals surface area contributed by atoms with Crippen LogP contribution in [-0.2, 0) is 4.79 Å². The highest BCUT2D eigenvalue weighted by Gasteiger charge is 2.19.